The van der Waals surface area contributed by atoms with Gasteiger partial charge in [-0.1, -0.05) is 26.7 Å². The van der Waals surface area contributed by atoms with Crippen molar-refractivity contribution in [2.45, 2.75) is 58.4 Å². The van der Waals surface area contributed by atoms with Crippen LogP contribution in [0.1, 0.15) is 52.4 Å². The van der Waals surface area contributed by atoms with Gasteiger partial charge in [0.2, 0.25) is 0 Å². The molecule has 1 aliphatic heterocycles. The molecule has 2 heteroatoms. The number of hydrogen-bond donors (Lipinski definition) is 1. The predicted molar refractivity (Wildman–Crippen MR) is 61.8 cm³/mol. The van der Waals surface area contributed by atoms with Gasteiger partial charge in [-0.05, 0) is 32.2 Å². The molecule has 1 heterocycles. The summed E-state index contributed by atoms with van der Waals surface area (Å²) in [4.78, 5) is 12.3. The summed E-state index contributed by atoms with van der Waals surface area (Å²) in [6.45, 7) is 5.34. The van der Waals surface area contributed by atoms with E-state index < -0.39 is 0 Å². The fourth-order valence-corrected chi connectivity index (χ4v) is 3.13. The standard InChI is InChI=1S/C13H23NO/c1-13(2)8-5-6-10(12(13)15)11-7-3-4-9-14-11/h10-11,14H,3-9H2,1-2H3. The smallest absolute Gasteiger partial charge is 0.143 e. The summed E-state index contributed by atoms with van der Waals surface area (Å²) in [6.07, 6.45) is 7.19. The quantitative estimate of drug-likeness (QED) is 0.719. The van der Waals surface area contributed by atoms with Crippen molar-refractivity contribution in [3.05, 3.63) is 0 Å². The van der Waals surface area contributed by atoms with Crippen LogP contribution < -0.4 is 5.32 Å². The number of ketones is 1. The molecule has 2 aliphatic rings. The van der Waals surface area contributed by atoms with E-state index in [0.29, 0.717) is 17.7 Å². The van der Waals surface area contributed by atoms with Crippen molar-refractivity contribution in [2.24, 2.45) is 11.3 Å². The Morgan fingerprint density at radius 1 is 1.20 bits per heavy atom. The molecule has 0 radical (unpaired) electrons. The van der Waals surface area contributed by atoms with Crippen molar-refractivity contribution in [3.8, 4) is 0 Å². The maximum atomic E-state index is 12.3. The molecule has 1 saturated heterocycles. The molecule has 2 nitrogen and oxygen atoms in total. The Morgan fingerprint density at radius 3 is 2.67 bits per heavy atom. The van der Waals surface area contributed by atoms with Gasteiger partial charge in [-0.2, -0.15) is 0 Å². The Morgan fingerprint density at radius 2 is 2.00 bits per heavy atom. The van der Waals surface area contributed by atoms with Crippen molar-refractivity contribution in [3.63, 3.8) is 0 Å². The Balaban J connectivity index is 2.04. The second kappa shape index (κ2) is 4.25. The molecule has 15 heavy (non-hydrogen) atoms. The number of Topliss-reactive ketones (excluding diaryl/α,β-unsaturated/α-hetero) is 1. The minimum Gasteiger partial charge on any atom is -0.313 e. The number of rotatable bonds is 1. The van der Waals surface area contributed by atoms with Crippen LogP contribution in [0, 0.1) is 11.3 Å². The lowest BCUT2D eigenvalue weighted by atomic mass is 9.68. The van der Waals surface area contributed by atoms with Crippen molar-refractivity contribution in [1.29, 1.82) is 0 Å². The first-order valence-corrected chi connectivity index (χ1v) is 6.39. The molecule has 2 fully saturated rings. The van der Waals surface area contributed by atoms with Crippen molar-refractivity contribution in [2.75, 3.05) is 6.54 Å². The highest BCUT2D eigenvalue weighted by Gasteiger charge is 2.40. The van der Waals surface area contributed by atoms with Crippen molar-refractivity contribution < 1.29 is 4.79 Å². The minimum absolute atomic E-state index is 0.0674. The first-order chi connectivity index (χ1) is 7.11. The monoisotopic (exact) mass is 209 g/mol. The highest BCUT2D eigenvalue weighted by atomic mass is 16.1. The minimum atomic E-state index is -0.0674. The fourth-order valence-electron chi connectivity index (χ4n) is 3.13. The van der Waals surface area contributed by atoms with E-state index in [1.54, 1.807) is 0 Å². The lowest BCUT2D eigenvalue weighted by Gasteiger charge is -2.39. The van der Waals surface area contributed by atoms with E-state index in [1.807, 2.05) is 0 Å². The maximum Gasteiger partial charge on any atom is 0.143 e. The largest absolute Gasteiger partial charge is 0.313 e. The second-order valence-corrected chi connectivity index (χ2v) is 5.80. The van der Waals surface area contributed by atoms with E-state index in [9.17, 15) is 4.79 Å². The molecule has 2 rings (SSSR count). The molecule has 0 spiro atoms. The number of carbonyl (C=O) groups is 1. The summed E-state index contributed by atoms with van der Waals surface area (Å²) in [6, 6.07) is 0.478. The van der Waals surface area contributed by atoms with Gasteiger partial charge in [0.1, 0.15) is 5.78 Å². The van der Waals surface area contributed by atoms with Gasteiger partial charge in [0, 0.05) is 17.4 Å². The van der Waals surface area contributed by atoms with Crippen molar-refractivity contribution in [1.82, 2.24) is 5.32 Å². The van der Waals surface area contributed by atoms with Crippen LogP contribution in [-0.2, 0) is 4.79 Å². The predicted octanol–water partition coefficient (Wildman–Crippen LogP) is 2.52. The van der Waals surface area contributed by atoms with Crippen molar-refractivity contribution >= 4 is 5.78 Å². The Hall–Kier alpha value is -0.370. The fraction of sp³-hybridized carbons (Fsp3) is 0.923. The summed E-state index contributed by atoms with van der Waals surface area (Å²) < 4.78 is 0. The van der Waals surface area contributed by atoms with E-state index in [4.69, 9.17) is 0 Å². The third-order valence-corrected chi connectivity index (χ3v) is 4.15. The zero-order valence-corrected chi connectivity index (χ0v) is 10.0. The molecular formula is C13H23NO. The van der Waals surface area contributed by atoms with E-state index >= 15 is 0 Å². The summed E-state index contributed by atoms with van der Waals surface area (Å²) in [5.74, 6) is 0.808. The third kappa shape index (κ3) is 2.25. The molecule has 86 valence electrons. The molecule has 0 bridgehead atoms. The average Bonchev–Trinajstić information content (AvgIpc) is 2.23. The number of carbonyl (C=O) groups excluding carboxylic acids is 1. The molecule has 2 atom stereocenters. The van der Waals surface area contributed by atoms with E-state index in [0.717, 1.165) is 19.4 Å². The molecule has 0 aromatic rings. The first-order valence-electron chi connectivity index (χ1n) is 6.39. The third-order valence-electron chi connectivity index (χ3n) is 4.15. The number of nitrogens with one attached hydrogen (secondary N) is 1. The summed E-state index contributed by atoms with van der Waals surface area (Å²) in [5, 5.41) is 3.54. The Bertz CT molecular complexity index is 241. The Labute approximate surface area is 92.8 Å². The van der Waals surface area contributed by atoms with Crippen LogP contribution in [-0.4, -0.2) is 18.4 Å². The molecule has 0 aromatic heterocycles. The second-order valence-electron chi connectivity index (χ2n) is 5.80. The van der Waals surface area contributed by atoms with E-state index in [2.05, 4.69) is 19.2 Å². The van der Waals surface area contributed by atoms with Gasteiger partial charge in [-0.15, -0.1) is 0 Å². The van der Waals surface area contributed by atoms with Crippen LogP contribution in [0.15, 0.2) is 0 Å². The first kappa shape index (κ1) is 11.1. The zero-order valence-electron chi connectivity index (χ0n) is 10.0. The SMILES string of the molecule is CC1(C)CCCC(C2CCCCN2)C1=O. The molecule has 1 saturated carbocycles. The molecule has 1 N–H and O–H groups in total. The van der Waals surface area contributed by atoms with Gasteiger partial charge >= 0.3 is 0 Å². The Kier molecular flexibility index (Phi) is 3.15. The van der Waals surface area contributed by atoms with Gasteiger partial charge in [-0.25, -0.2) is 0 Å². The lowest BCUT2D eigenvalue weighted by molar-refractivity contribution is -0.135. The van der Waals surface area contributed by atoms with Crippen LogP contribution in [0.3, 0.4) is 0 Å². The lowest BCUT2D eigenvalue weighted by Crippen LogP contribution is -2.48. The van der Waals surface area contributed by atoms with Gasteiger partial charge in [0.05, 0.1) is 0 Å². The number of piperidine rings is 1. The van der Waals surface area contributed by atoms with Crippen LogP contribution in [0.4, 0.5) is 0 Å². The highest BCUT2D eigenvalue weighted by molar-refractivity contribution is 5.87. The molecular weight excluding hydrogens is 186 g/mol. The van der Waals surface area contributed by atoms with Gasteiger partial charge in [0.25, 0.3) is 0 Å². The topological polar surface area (TPSA) is 29.1 Å². The summed E-state index contributed by atoms with van der Waals surface area (Å²) >= 11 is 0. The van der Waals surface area contributed by atoms with Crippen LogP contribution >= 0.6 is 0 Å². The molecule has 2 unspecified atom stereocenters. The van der Waals surface area contributed by atoms with Crippen LogP contribution in [0.25, 0.3) is 0 Å². The average molecular weight is 209 g/mol. The van der Waals surface area contributed by atoms with E-state index in [-0.39, 0.29) is 5.41 Å². The molecule has 1 aliphatic carbocycles. The van der Waals surface area contributed by atoms with E-state index in [1.165, 1.54) is 25.7 Å². The summed E-state index contributed by atoms with van der Waals surface area (Å²) in [7, 11) is 0. The number of hydrogen-bond acceptors (Lipinski definition) is 2. The molecule has 0 amide bonds. The van der Waals surface area contributed by atoms with Gasteiger partial charge in [-0.3, -0.25) is 4.79 Å². The van der Waals surface area contributed by atoms with Gasteiger partial charge < -0.3 is 5.32 Å². The highest BCUT2D eigenvalue weighted by Crippen LogP contribution is 2.38. The van der Waals surface area contributed by atoms with Crippen LogP contribution in [0.2, 0.25) is 0 Å². The summed E-state index contributed by atoms with van der Waals surface area (Å²) in [5.41, 5.74) is -0.0674. The zero-order chi connectivity index (χ0) is 10.9. The maximum absolute atomic E-state index is 12.3. The van der Waals surface area contributed by atoms with Crippen LogP contribution in [0.5, 0.6) is 0 Å². The normalized spacial score (nSPS) is 36.5. The van der Waals surface area contributed by atoms with Gasteiger partial charge in [0.15, 0.2) is 0 Å². The molecule has 0 aromatic carbocycles.